The molecule has 1 saturated heterocycles. The number of anilines is 1. The van der Waals surface area contributed by atoms with Gasteiger partial charge < -0.3 is 10.5 Å². The summed E-state index contributed by atoms with van der Waals surface area (Å²) in [5.41, 5.74) is 6.07. The molecule has 6 nitrogen and oxygen atoms in total. The maximum absolute atomic E-state index is 12.7. The van der Waals surface area contributed by atoms with Crippen LogP contribution in [0.3, 0.4) is 0 Å². The SMILES string of the molecule is CCOC(=O)C1CSCCN1S(=O)(=O)c1ccc(N)cc1. The zero-order valence-electron chi connectivity index (χ0n) is 11.7. The first kappa shape index (κ1) is 16.1. The zero-order chi connectivity index (χ0) is 15.5. The van der Waals surface area contributed by atoms with Crippen LogP contribution in [-0.2, 0) is 19.6 Å². The summed E-state index contributed by atoms with van der Waals surface area (Å²) >= 11 is 1.55. The monoisotopic (exact) mass is 330 g/mol. The van der Waals surface area contributed by atoms with Crippen LogP contribution in [0, 0.1) is 0 Å². The minimum atomic E-state index is -3.73. The molecule has 0 bridgehead atoms. The third-order valence-electron chi connectivity index (χ3n) is 3.12. The van der Waals surface area contributed by atoms with Gasteiger partial charge in [-0.15, -0.1) is 0 Å². The molecular weight excluding hydrogens is 312 g/mol. The van der Waals surface area contributed by atoms with Crippen LogP contribution >= 0.6 is 11.8 Å². The highest BCUT2D eigenvalue weighted by Gasteiger charge is 2.38. The lowest BCUT2D eigenvalue weighted by atomic mass is 10.3. The molecule has 0 aromatic heterocycles. The Hall–Kier alpha value is -1.25. The fourth-order valence-electron chi connectivity index (χ4n) is 2.08. The van der Waals surface area contributed by atoms with Gasteiger partial charge in [-0.1, -0.05) is 0 Å². The fraction of sp³-hybridized carbons (Fsp3) is 0.462. The Bertz CT molecular complexity index is 601. The third kappa shape index (κ3) is 3.50. The first-order valence-corrected chi connectivity index (χ1v) is 9.18. The molecule has 0 amide bonds. The van der Waals surface area contributed by atoms with Crippen molar-refractivity contribution >= 4 is 33.4 Å². The summed E-state index contributed by atoms with van der Waals surface area (Å²) in [5, 5.41) is 0. The molecule has 2 rings (SSSR count). The number of thioether (sulfide) groups is 1. The standard InChI is InChI=1S/C13H18N2O4S2/c1-2-19-13(16)12-9-20-8-7-15(12)21(17,18)11-5-3-10(14)4-6-11/h3-6,12H,2,7-9,14H2,1H3. The van der Waals surface area contributed by atoms with Crippen LogP contribution in [0.15, 0.2) is 29.2 Å². The summed E-state index contributed by atoms with van der Waals surface area (Å²) in [4.78, 5) is 12.1. The molecule has 1 unspecified atom stereocenters. The molecule has 0 radical (unpaired) electrons. The van der Waals surface area contributed by atoms with Gasteiger partial charge in [0, 0.05) is 23.7 Å². The number of benzene rings is 1. The second kappa shape index (κ2) is 6.67. The highest BCUT2D eigenvalue weighted by atomic mass is 32.2. The van der Waals surface area contributed by atoms with E-state index >= 15 is 0 Å². The van der Waals surface area contributed by atoms with Crippen LogP contribution in [0.4, 0.5) is 5.69 Å². The topological polar surface area (TPSA) is 89.7 Å². The molecule has 116 valence electrons. The lowest BCUT2D eigenvalue weighted by Crippen LogP contribution is -2.50. The molecule has 1 aliphatic heterocycles. The largest absolute Gasteiger partial charge is 0.465 e. The highest BCUT2D eigenvalue weighted by molar-refractivity contribution is 7.99. The number of nitrogens with two attached hydrogens (primary N) is 1. The first-order valence-electron chi connectivity index (χ1n) is 6.58. The summed E-state index contributed by atoms with van der Waals surface area (Å²) in [6.07, 6.45) is 0. The van der Waals surface area contributed by atoms with E-state index in [1.54, 1.807) is 18.7 Å². The van der Waals surface area contributed by atoms with Gasteiger partial charge in [0.1, 0.15) is 6.04 Å². The number of ether oxygens (including phenoxy) is 1. The number of esters is 1. The Morgan fingerprint density at radius 2 is 2.10 bits per heavy atom. The molecule has 1 heterocycles. The van der Waals surface area contributed by atoms with Crippen molar-refractivity contribution in [2.24, 2.45) is 0 Å². The van der Waals surface area contributed by atoms with Gasteiger partial charge in [0.15, 0.2) is 0 Å². The lowest BCUT2D eigenvalue weighted by Gasteiger charge is -2.32. The Labute approximate surface area is 128 Å². The number of rotatable bonds is 4. The van der Waals surface area contributed by atoms with Crippen molar-refractivity contribution in [1.29, 1.82) is 0 Å². The van der Waals surface area contributed by atoms with Crippen LogP contribution in [-0.4, -0.2) is 49.4 Å². The zero-order valence-corrected chi connectivity index (χ0v) is 13.3. The molecule has 1 aliphatic rings. The van der Waals surface area contributed by atoms with E-state index in [-0.39, 0.29) is 11.5 Å². The highest BCUT2D eigenvalue weighted by Crippen LogP contribution is 2.25. The number of sulfonamides is 1. The quantitative estimate of drug-likeness (QED) is 0.653. The van der Waals surface area contributed by atoms with Crippen LogP contribution in [0.1, 0.15) is 6.92 Å². The van der Waals surface area contributed by atoms with Crippen molar-refractivity contribution < 1.29 is 17.9 Å². The van der Waals surface area contributed by atoms with Crippen LogP contribution in [0.25, 0.3) is 0 Å². The van der Waals surface area contributed by atoms with Gasteiger partial charge in [-0.05, 0) is 31.2 Å². The number of nitrogen functional groups attached to an aromatic ring is 1. The molecular formula is C13H18N2O4S2. The van der Waals surface area contributed by atoms with Crippen LogP contribution in [0.2, 0.25) is 0 Å². The van der Waals surface area contributed by atoms with Gasteiger partial charge in [0.05, 0.1) is 11.5 Å². The molecule has 21 heavy (non-hydrogen) atoms. The van der Waals surface area contributed by atoms with Gasteiger partial charge in [-0.2, -0.15) is 16.1 Å². The Kier molecular flexibility index (Phi) is 5.13. The molecule has 1 aromatic carbocycles. The molecule has 1 atom stereocenters. The number of nitrogens with zero attached hydrogens (tertiary/aromatic N) is 1. The van der Waals surface area contributed by atoms with E-state index in [0.29, 0.717) is 23.7 Å². The van der Waals surface area contributed by atoms with E-state index in [2.05, 4.69) is 0 Å². The second-order valence-electron chi connectivity index (χ2n) is 4.53. The molecule has 1 aromatic rings. The second-order valence-corrected chi connectivity index (χ2v) is 7.57. The van der Waals surface area contributed by atoms with E-state index < -0.39 is 22.0 Å². The van der Waals surface area contributed by atoms with Gasteiger partial charge in [0.2, 0.25) is 10.0 Å². The van der Waals surface area contributed by atoms with Crippen molar-refractivity contribution in [2.75, 3.05) is 30.4 Å². The smallest absolute Gasteiger partial charge is 0.325 e. The Balaban J connectivity index is 2.31. The van der Waals surface area contributed by atoms with Crippen LogP contribution < -0.4 is 5.73 Å². The van der Waals surface area contributed by atoms with E-state index in [4.69, 9.17) is 10.5 Å². The normalized spacial score (nSPS) is 20.1. The van der Waals surface area contributed by atoms with E-state index in [1.165, 1.54) is 28.6 Å². The lowest BCUT2D eigenvalue weighted by molar-refractivity contribution is -0.146. The molecule has 1 fully saturated rings. The predicted octanol–water partition coefficient (Wildman–Crippen LogP) is 0.938. The minimum absolute atomic E-state index is 0.137. The van der Waals surface area contributed by atoms with Gasteiger partial charge in [-0.25, -0.2) is 8.42 Å². The third-order valence-corrected chi connectivity index (χ3v) is 6.07. The maximum Gasteiger partial charge on any atom is 0.325 e. The van der Waals surface area contributed by atoms with E-state index in [0.717, 1.165) is 0 Å². The average molecular weight is 330 g/mol. The van der Waals surface area contributed by atoms with Crippen LogP contribution in [0.5, 0.6) is 0 Å². The van der Waals surface area contributed by atoms with Gasteiger partial charge >= 0.3 is 5.97 Å². The van der Waals surface area contributed by atoms with Gasteiger partial charge in [-0.3, -0.25) is 4.79 Å². The number of hydrogen-bond acceptors (Lipinski definition) is 6. The summed E-state index contributed by atoms with van der Waals surface area (Å²) in [6, 6.07) is 5.20. The molecule has 2 N–H and O–H groups in total. The number of carbonyl (C=O) groups excluding carboxylic acids is 1. The molecule has 0 spiro atoms. The average Bonchev–Trinajstić information content (AvgIpc) is 2.48. The summed E-state index contributed by atoms with van der Waals surface area (Å²) in [6.45, 7) is 2.23. The minimum Gasteiger partial charge on any atom is -0.465 e. The first-order chi connectivity index (χ1) is 9.96. The molecule has 8 heteroatoms. The van der Waals surface area contributed by atoms with Gasteiger partial charge in [0.25, 0.3) is 0 Å². The van der Waals surface area contributed by atoms with Crippen molar-refractivity contribution in [3.63, 3.8) is 0 Å². The Morgan fingerprint density at radius 1 is 1.43 bits per heavy atom. The number of carbonyl (C=O) groups is 1. The summed E-state index contributed by atoms with van der Waals surface area (Å²) in [7, 11) is -3.73. The van der Waals surface area contributed by atoms with Crippen molar-refractivity contribution in [3.05, 3.63) is 24.3 Å². The molecule has 0 saturated carbocycles. The maximum atomic E-state index is 12.7. The Morgan fingerprint density at radius 3 is 2.71 bits per heavy atom. The molecule has 0 aliphatic carbocycles. The summed E-state index contributed by atoms with van der Waals surface area (Å²) in [5.74, 6) is 0.570. The fourth-order valence-corrected chi connectivity index (χ4v) is 4.90. The predicted molar refractivity (Wildman–Crippen MR) is 82.5 cm³/mol. The van der Waals surface area contributed by atoms with Crippen molar-refractivity contribution in [2.45, 2.75) is 17.9 Å². The van der Waals surface area contributed by atoms with E-state index in [9.17, 15) is 13.2 Å². The van der Waals surface area contributed by atoms with Crippen molar-refractivity contribution in [1.82, 2.24) is 4.31 Å². The number of hydrogen-bond donors (Lipinski definition) is 1. The van der Waals surface area contributed by atoms with Crippen molar-refractivity contribution in [3.8, 4) is 0 Å². The summed E-state index contributed by atoms with van der Waals surface area (Å²) < 4.78 is 31.6. The van der Waals surface area contributed by atoms with E-state index in [1.807, 2.05) is 0 Å².